The van der Waals surface area contributed by atoms with E-state index in [1.807, 2.05) is 6.92 Å². The van der Waals surface area contributed by atoms with Crippen LogP contribution in [-0.2, 0) is 19.7 Å². The number of halogens is 1. The molecule has 126 valence electrons. The number of benzene rings is 1. The molecule has 5 nitrogen and oxygen atoms in total. The molecular formula is C17H23FN2O3. The van der Waals surface area contributed by atoms with Gasteiger partial charge in [0.25, 0.3) is 0 Å². The number of rotatable bonds is 5. The minimum atomic E-state index is -0.633. The fourth-order valence-corrected chi connectivity index (χ4v) is 2.78. The molecule has 0 aromatic heterocycles. The highest BCUT2D eigenvalue weighted by Crippen LogP contribution is 2.34. The van der Waals surface area contributed by atoms with Crippen molar-refractivity contribution in [3.63, 3.8) is 0 Å². The summed E-state index contributed by atoms with van der Waals surface area (Å²) in [6, 6.07) is 6.32. The first kappa shape index (κ1) is 17.4. The molecule has 2 rings (SSSR count). The lowest BCUT2D eigenvalue weighted by Gasteiger charge is -2.37. The maximum absolute atomic E-state index is 13.2. The van der Waals surface area contributed by atoms with Crippen molar-refractivity contribution in [2.24, 2.45) is 0 Å². The predicted molar refractivity (Wildman–Crippen MR) is 84.4 cm³/mol. The Balaban J connectivity index is 2.05. The monoisotopic (exact) mass is 322 g/mol. The lowest BCUT2D eigenvalue weighted by atomic mass is 9.74. The molecule has 0 bridgehead atoms. The maximum Gasteiger partial charge on any atom is 0.309 e. The zero-order chi connectivity index (χ0) is 16.7. The molecule has 1 aromatic carbocycles. The predicted octanol–water partition coefficient (Wildman–Crippen LogP) is 1.52. The largest absolute Gasteiger partial charge is 0.381 e. The molecule has 0 atom stereocenters. The fourth-order valence-electron chi connectivity index (χ4n) is 2.78. The number of amides is 2. The zero-order valence-electron chi connectivity index (χ0n) is 13.4. The van der Waals surface area contributed by atoms with E-state index in [9.17, 15) is 14.0 Å². The Morgan fingerprint density at radius 1 is 1.13 bits per heavy atom. The average Bonchev–Trinajstić information content (AvgIpc) is 2.59. The molecule has 1 fully saturated rings. The van der Waals surface area contributed by atoms with Crippen LogP contribution < -0.4 is 10.6 Å². The Labute approximate surface area is 135 Å². The van der Waals surface area contributed by atoms with Crippen LogP contribution in [0.3, 0.4) is 0 Å². The third-order valence-electron chi connectivity index (χ3n) is 4.24. The van der Waals surface area contributed by atoms with Crippen molar-refractivity contribution >= 4 is 11.8 Å². The summed E-state index contributed by atoms with van der Waals surface area (Å²) in [4.78, 5) is 23.6. The van der Waals surface area contributed by atoms with Crippen LogP contribution in [0.1, 0.15) is 31.7 Å². The van der Waals surface area contributed by atoms with Crippen molar-refractivity contribution in [1.82, 2.24) is 10.6 Å². The second-order valence-electron chi connectivity index (χ2n) is 5.84. The second-order valence-corrected chi connectivity index (χ2v) is 5.84. The standard InChI is InChI=1S/C17H23FN2O3/c1-2-9-19-15(21)16(22)20-12-17(7-10-23-11-8-17)13-3-5-14(18)6-4-13/h3-6H,2,7-12H2,1H3,(H,19,21)(H,20,22). The van der Waals surface area contributed by atoms with E-state index in [0.717, 1.165) is 24.8 Å². The quantitative estimate of drug-likeness (QED) is 0.808. The zero-order valence-corrected chi connectivity index (χ0v) is 13.4. The van der Waals surface area contributed by atoms with Crippen molar-refractivity contribution in [3.8, 4) is 0 Å². The maximum atomic E-state index is 13.2. The van der Waals surface area contributed by atoms with Crippen LogP contribution in [-0.4, -0.2) is 38.1 Å². The molecule has 6 heteroatoms. The molecule has 1 aliphatic heterocycles. The molecule has 0 saturated carbocycles. The molecule has 23 heavy (non-hydrogen) atoms. The smallest absolute Gasteiger partial charge is 0.309 e. The Kier molecular flexibility index (Phi) is 6.10. The van der Waals surface area contributed by atoms with Crippen molar-refractivity contribution in [1.29, 1.82) is 0 Å². The molecule has 0 radical (unpaired) electrons. The molecular weight excluding hydrogens is 299 g/mol. The summed E-state index contributed by atoms with van der Waals surface area (Å²) >= 11 is 0. The first-order valence-corrected chi connectivity index (χ1v) is 7.97. The number of carbonyl (C=O) groups is 2. The van der Waals surface area contributed by atoms with E-state index in [1.165, 1.54) is 12.1 Å². The summed E-state index contributed by atoms with van der Waals surface area (Å²) < 4.78 is 18.6. The number of carbonyl (C=O) groups excluding carboxylic acids is 2. The van der Waals surface area contributed by atoms with Gasteiger partial charge in [0.15, 0.2) is 0 Å². The Morgan fingerprint density at radius 3 is 2.35 bits per heavy atom. The van der Waals surface area contributed by atoms with Crippen LogP contribution in [0, 0.1) is 5.82 Å². The van der Waals surface area contributed by atoms with E-state index in [1.54, 1.807) is 12.1 Å². The van der Waals surface area contributed by atoms with Gasteiger partial charge < -0.3 is 15.4 Å². The van der Waals surface area contributed by atoms with Gasteiger partial charge in [-0.2, -0.15) is 0 Å². The number of nitrogens with one attached hydrogen (secondary N) is 2. The van der Waals surface area contributed by atoms with Crippen LogP contribution in [0.15, 0.2) is 24.3 Å². The summed E-state index contributed by atoms with van der Waals surface area (Å²) in [6.45, 7) is 3.89. The second kappa shape index (κ2) is 8.06. The van der Waals surface area contributed by atoms with Gasteiger partial charge in [-0.3, -0.25) is 9.59 Å². The van der Waals surface area contributed by atoms with Gasteiger partial charge in [0.2, 0.25) is 0 Å². The van der Waals surface area contributed by atoms with Gasteiger partial charge in [-0.15, -0.1) is 0 Å². The van der Waals surface area contributed by atoms with E-state index >= 15 is 0 Å². The number of hydrogen-bond donors (Lipinski definition) is 2. The van der Waals surface area contributed by atoms with Gasteiger partial charge in [-0.25, -0.2) is 4.39 Å². The summed E-state index contributed by atoms with van der Waals surface area (Å²) in [5.41, 5.74) is 0.628. The van der Waals surface area contributed by atoms with Crippen LogP contribution >= 0.6 is 0 Å². The van der Waals surface area contributed by atoms with Gasteiger partial charge in [0.1, 0.15) is 5.82 Å². The van der Waals surface area contributed by atoms with Gasteiger partial charge in [0.05, 0.1) is 0 Å². The molecule has 1 aromatic rings. The van der Waals surface area contributed by atoms with Crippen molar-refractivity contribution in [2.45, 2.75) is 31.6 Å². The van der Waals surface area contributed by atoms with E-state index < -0.39 is 11.8 Å². The molecule has 2 N–H and O–H groups in total. The first-order chi connectivity index (χ1) is 11.1. The highest BCUT2D eigenvalue weighted by atomic mass is 19.1. The average molecular weight is 322 g/mol. The summed E-state index contributed by atoms with van der Waals surface area (Å²) in [7, 11) is 0. The van der Waals surface area contributed by atoms with E-state index in [0.29, 0.717) is 26.3 Å². The third kappa shape index (κ3) is 4.51. The molecule has 1 heterocycles. The first-order valence-electron chi connectivity index (χ1n) is 7.97. The number of ether oxygens (including phenoxy) is 1. The van der Waals surface area contributed by atoms with Crippen molar-refractivity contribution < 1.29 is 18.7 Å². The molecule has 0 spiro atoms. The van der Waals surface area contributed by atoms with E-state index in [-0.39, 0.29) is 11.2 Å². The highest BCUT2D eigenvalue weighted by molar-refractivity contribution is 6.35. The summed E-state index contributed by atoms with van der Waals surface area (Å²) in [5, 5.41) is 5.27. The Bertz CT molecular complexity index is 539. The molecule has 1 aliphatic rings. The van der Waals surface area contributed by atoms with Crippen molar-refractivity contribution in [2.75, 3.05) is 26.3 Å². The van der Waals surface area contributed by atoms with Gasteiger partial charge in [0, 0.05) is 31.7 Å². The van der Waals surface area contributed by atoms with Crippen molar-refractivity contribution in [3.05, 3.63) is 35.6 Å². The van der Waals surface area contributed by atoms with E-state index in [4.69, 9.17) is 4.74 Å². The summed E-state index contributed by atoms with van der Waals surface area (Å²) in [5.74, 6) is -1.54. The minimum absolute atomic E-state index is 0.293. The minimum Gasteiger partial charge on any atom is -0.381 e. The van der Waals surface area contributed by atoms with Crippen LogP contribution in [0.5, 0.6) is 0 Å². The highest BCUT2D eigenvalue weighted by Gasteiger charge is 2.35. The fraction of sp³-hybridized carbons (Fsp3) is 0.529. The Hall–Kier alpha value is -1.95. The SMILES string of the molecule is CCCNC(=O)C(=O)NCC1(c2ccc(F)cc2)CCOCC1. The summed E-state index contributed by atoms with van der Waals surface area (Å²) in [6.07, 6.45) is 2.21. The molecule has 2 amide bonds. The Morgan fingerprint density at radius 2 is 1.74 bits per heavy atom. The third-order valence-corrected chi connectivity index (χ3v) is 4.24. The number of hydrogen-bond acceptors (Lipinski definition) is 3. The van der Waals surface area contributed by atoms with Gasteiger partial charge >= 0.3 is 11.8 Å². The molecule has 0 aliphatic carbocycles. The van der Waals surface area contributed by atoms with Crippen LogP contribution in [0.2, 0.25) is 0 Å². The topological polar surface area (TPSA) is 67.4 Å². The lowest BCUT2D eigenvalue weighted by molar-refractivity contribution is -0.139. The van der Waals surface area contributed by atoms with Crippen LogP contribution in [0.4, 0.5) is 4.39 Å². The molecule has 0 unspecified atom stereocenters. The normalized spacial score (nSPS) is 16.6. The van der Waals surface area contributed by atoms with E-state index in [2.05, 4.69) is 10.6 Å². The lowest BCUT2D eigenvalue weighted by Crippen LogP contribution is -2.48. The van der Waals surface area contributed by atoms with Gasteiger partial charge in [-0.05, 0) is 37.0 Å². The van der Waals surface area contributed by atoms with Crippen LogP contribution in [0.25, 0.3) is 0 Å². The van der Waals surface area contributed by atoms with Gasteiger partial charge in [-0.1, -0.05) is 19.1 Å². The molecule has 1 saturated heterocycles.